The number of hydrogen-bond acceptors (Lipinski definition) is 2. The summed E-state index contributed by atoms with van der Waals surface area (Å²) in [6, 6.07) is 10.4. The molecule has 140 valence electrons. The van der Waals surface area contributed by atoms with Crippen LogP contribution < -0.4 is 5.32 Å². The molecule has 0 fully saturated rings. The van der Waals surface area contributed by atoms with E-state index in [1.165, 1.54) is 36.5 Å². The van der Waals surface area contributed by atoms with Crippen LogP contribution in [0.25, 0.3) is 16.6 Å². The summed E-state index contributed by atoms with van der Waals surface area (Å²) in [4.78, 5) is 20.3. The highest BCUT2D eigenvalue weighted by Crippen LogP contribution is 2.31. The average molecular weight is 374 g/mol. The van der Waals surface area contributed by atoms with Crippen LogP contribution in [0.5, 0.6) is 0 Å². The number of para-hydroxylation sites is 1. The SMILES string of the molecule is O=C(Nc1ccc(-n2ccnc2)c(F)c1)c1cccc2c3c([nH]c12)CCCC3. The molecule has 0 aliphatic heterocycles. The maximum absolute atomic E-state index is 14.5. The lowest BCUT2D eigenvalue weighted by Crippen LogP contribution is -2.13. The van der Waals surface area contributed by atoms with E-state index in [1.54, 1.807) is 35.2 Å². The maximum Gasteiger partial charge on any atom is 0.257 e. The summed E-state index contributed by atoms with van der Waals surface area (Å²) in [7, 11) is 0. The summed E-state index contributed by atoms with van der Waals surface area (Å²) in [5.74, 6) is -0.677. The van der Waals surface area contributed by atoms with Gasteiger partial charge in [-0.2, -0.15) is 0 Å². The van der Waals surface area contributed by atoms with Gasteiger partial charge in [-0.05, 0) is 55.5 Å². The molecule has 1 aliphatic carbocycles. The van der Waals surface area contributed by atoms with Crippen molar-refractivity contribution in [3.8, 4) is 5.69 Å². The van der Waals surface area contributed by atoms with E-state index < -0.39 is 5.82 Å². The van der Waals surface area contributed by atoms with Crippen molar-refractivity contribution in [2.45, 2.75) is 25.7 Å². The highest BCUT2D eigenvalue weighted by atomic mass is 19.1. The van der Waals surface area contributed by atoms with Crippen LogP contribution >= 0.6 is 0 Å². The van der Waals surface area contributed by atoms with Crippen LogP contribution in [-0.4, -0.2) is 20.4 Å². The van der Waals surface area contributed by atoms with Gasteiger partial charge in [0.05, 0.1) is 23.1 Å². The zero-order valence-corrected chi connectivity index (χ0v) is 15.2. The first kappa shape index (κ1) is 16.7. The minimum atomic E-state index is -0.427. The number of halogens is 1. The number of aromatic nitrogens is 3. The van der Waals surface area contributed by atoms with Gasteiger partial charge >= 0.3 is 0 Å². The Morgan fingerprint density at radius 3 is 2.89 bits per heavy atom. The number of benzene rings is 2. The fraction of sp³-hybridized carbons (Fsp3) is 0.182. The lowest BCUT2D eigenvalue weighted by molar-refractivity contribution is 0.102. The Kier molecular flexibility index (Phi) is 3.97. The number of aryl methyl sites for hydroxylation is 2. The van der Waals surface area contributed by atoms with Crippen molar-refractivity contribution in [3.05, 3.63) is 77.8 Å². The van der Waals surface area contributed by atoms with Crippen LogP contribution in [-0.2, 0) is 12.8 Å². The van der Waals surface area contributed by atoms with E-state index in [2.05, 4.69) is 21.4 Å². The molecular formula is C22H19FN4O. The first-order valence-electron chi connectivity index (χ1n) is 9.42. The molecular weight excluding hydrogens is 355 g/mol. The summed E-state index contributed by atoms with van der Waals surface area (Å²) in [5, 5.41) is 3.94. The van der Waals surface area contributed by atoms with Gasteiger partial charge in [0.25, 0.3) is 5.91 Å². The van der Waals surface area contributed by atoms with E-state index in [-0.39, 0.29) is 5.91 Å². The Morgan fingerprint density at radius 2 is 2.07 bits per heavy atom. The van der Waals surface area contributed by atoms with E-state index in [9.17, 15) is 9.18 Å². The van der Waals surface area contributed by atoms with Crippen LogP contribution in [0.1, 0.15) is 34.5 Å². The van der Waals surface area contributed by atoms with Crippen LogP contribution in [0.15, 0.2) is 55.1 Å². The number of hydrogen-bond donors (Lipinski definition) is 2. The molecule has 28 heavy (non-hydrogen) atoms. The molecule has 2 aromatic heterocycles. The van der Waals surface area contributed by atoms with Gasteiger partial charge in [-0.25, -0.2) is 9.37 Å². The minimum Gasteiger partial charge on any atom is -0.358 e. The molecule has 0 saturated heterocycles. The fourth-order valence-corrected chi connectivity index (χ4v) is 4.01. The molecule has 1 aliphatic rings. The molecule has 2 N–H and O–H groups in total. The third-order valence-corrected chi connectivity index (χ3v) is 5.37. The number of imidazole rings is 1. The first-order chi connectivity index (χ1) is 13.7. The number of nitrogens with one attached hydrogen (secondary N) is 2. The number of amides is 1. The van der Waals surface area contributed by atoms with E-state index >= 15 is 0 Å². The predicted octanol–water partition coefficient (Wildman–Crippen LogP) is 4.62. The number of carbonyl (C=O) groups excluding carboxylic acids is 1. The van der Waals surface area contributed by atoms with Crippen molar-refractivity contribution < 1.29 is 9.18 Å². The molecule has 5 rings (SSSR count). The van der Waals surface area contributed by atoms with E-state index in [1.807, 2.05) is 6.07 Å². The molecule has 0 spiro atoms. The minimum absolute atomic E-state index is 0.251. The van der Waals surface area contributed by atoms with Gasteiger partial charge in [-0.3, -0.25) is 4.79 Å². The van der Waals surface area contributed by atoms with Crippen LogP contribution in [0.3, 0.4) is 0 Å². The summed E-state index contributed by atoms with van der Waals surface area (Å²) < 4.78 is 16.1. The topological polar surface area (TPSA) is 62.7 Å². The molecule has 0 bridgehead atoms. The highest BCUT2D eigenvalue weighted by Gasteiger charge is 2.19. The second kappa shape index (κ2) is 6.64. The molecule has 0 saturated carbocycles. The lowest BCUT2D eigenvalue weighted by atomic mass is 9.95. The monoisotopic (exact) mass is 374 g/mol. The number of nitrogens with zero attached hydrogens (tertiary/aromatic N) is 2. The summed E-state index contributed by atoms with van der Waals surface area (Å²) in [6.45, 7) is 0. The molecule has 2 aromatic carbocycles. The van der Waals surface area contributed by atoms with Gasteiger partial charge in [0.1, 0.15) is 5.82 Å². The number of fused-ring (bicyclic) bond motifs is 3. The Morgan fingerprint density at radius 1 is 1.18 bits per heavy atom. The summed E-state index contributed by atoms with van der Waals surface area (Å²) in [5.41, 5.74) is 4.80. The quantitative estimate of drug-likeness (QED) is 0.549. The Labute approximate surface area is 161 Å². The normalized spacial score (nSPS) is 13.5. The second-order valence-electron chi connectivity index (χ2n) is 7.11. The van der Waals surface area contributed by atoms with Crippen molar-refractivity contribution in [3.63, 3.8) is 0 Å². The molecule has 0 unspecified atom stereocenters. The van der Waals surface area contributed by atoms with Gasteiger partial charge in [0.15, 0.2) is 0 Å². The van der Waals surface area contributed by atoms with Crippen LogP contribution in [0.2, 0.25) is 0 Å². The fourth-order valence-electron chi connectivity index (χ4n) is 4.01. The summed E-state index contributed by atoms with van der Waals surface area (Å²) >= 11 is 0. The zero-order chi connectivity index (χ0) is 19.1. The van der Waals surface area contributed by atoms with Crippen molar-refractivity contribution in [1.29, 1.82) is 0 Å². The largest absolute Gasteiger partial charge is 0.358 e. The highest BCUT2D eigenvalue weighted by molar-refractivity contribution is 6.12. The molecule has 6 heteroatoms. The first-order valence-corrected chi connectivity index (χ1v) is 9.42. The van der Waals surface area contributed by atoms with Crippen molar-refractivity contribution >= 4 is 22.5 Å². The van der Waals surface area contributed by atoms with Gasteiger partial charge < -0.3 is 14.9 Å². The number of carbonyl (C=O) groups is 1. The standard InChI is InChI=1S/C22H19FN4O/c23-18-12-14(8-9-20(18)27-11-10-24-13-27)25-22(28)17-6-3-5-16-15-4-1-2-7-19(15)26-21(16)17/h3,5-6,8-13,26H,1-2,4,7H2,(H,25,28). The zero-order valence-electron chi connectivity index (χ0n) is 15.2. The van der Waals surface area contributed by atoms with Crippen molar-refractivity contribution in [2.24, 2.45) is 0 Å². The van der Waals surface area contributed by atoms with E-state index in [0.717, 1.165) is 23.7 Å². The average Bonchev–Trinajstić information content (AvgIpc) is 3.35. The van der Waals surface area contributed by atoms with Gasteiger partial charge in [-0.15, -0.1) is 0 Å². The Balaban J connectivity index is 1.46. The van der Waals surface area contributed by atoms with Gasteiger partial charge in [-0.1, -0.05) is 12.1 Å². The molecule has 5 nitrogen and oxygen atoms in total. The molecule has 2 heterocycles. The number of rotatable bonds is 3. The van der Waals surface area contributed by atoms with Gasteiger partial charge in [0, 0.05) is 29.2 Å². The second-order valence-corrected chi connectivity index (χ2v) is 7.11. The lowest BCUT2D eigenvalue weighted by Gasteiger charge is -2.10. The van der Waals surface area contributed by atoms with Crippen LogP contribution in [0, 0.1) is 5.82 Å². The predicted molar refractivity (Wildman–Crippen MR) is 106 cm³/mol. The number of aromatic amines is 1. The Bertz CT molecular complexity index is 1180. The third kappa shape index (κ3) is 2.78. The smallest absolute Gasteiger partial charge is 0.257 e. The van der Waals surface area contributed by atoms with Crippen molar-refractivity contribution in [1.82, 2.24) is 14.5 Å². The molecule has 4 aromatic rings. The molecule has 0 radical (unpaired) electrons. The van der Waals surface area contributed by atoms with E-state index in [4.69, 9.17) is 0 Å². The molecule has 0 atom stereocenters. The summed E-state index contributed by atoms with van der Waals surface area (Å²) in [6.07, 6.45) is 9.20. The number of H-pyrrole nitrogens is 1. The van der Waals surface area contributed by atoms with E-state index in [0.29, 0.717) is 16.9 Å². The van der Waals surface area contributed by atoms with Crippen LogP contribution in [0.4, 0.5) is 10.1 Å². The van der Waals surface area contributed by atoms with Gasteiger partial charge in [0.2, 0.25) is 0 Å². The van der Waals surface area contributed by atoms with Crippen molar-refractivity contribution in [2.75, 3.05) is 5.32 Å². The number of anilines is 1. The maximum atomic E-state index is 14.5. The molecule has 1 amide bonds. The Hall–Kier alpha value is -3.41. The third-order valence-electron chi connectivity index (χ3n) is 5.37.